The van der Waals surface area contributed by atoms with E-state index in [1.165, 1.54) is 25.7 Å². The minimum Gasteiger partial charge on any atom is -0.351 e. The van der Waals surface area contributed by atoms with Gasteiger partial charge in [0, 0.05) is 12.1 Å². The van der Waals surface area contributed by atoms with Crippen LogP contribution in [0.5, 0.6) is 0 Å². The molecule has 0 aromatic heterocycles. The van der Waals surface area contributed by atoms with Gasteiger partial charge in [0.05, 0.1) is 0 Å². The van der Waals surface area contributed by atoms with Gasteiger partial charge in [0.2, 0.25) is 0 Å². The van der Waals surface area contributed by atoms with E-state index in [1.807, 2.05) is 31.3 Å². The summed E-state index contributed by atoms with van der Waals surface area (Å²) in [5.41, 5.74) is 2.36. The maximum atomic E-state index is 12.4. The summed E-state index contributed by atoms with van der Waals surface area (Å²) < 4.78 is 0. The molecule has 0 radical (unpaired) electrons. The van der Waals surface area contributed by atoms with Crippen LogP contribution in [0.1, 0.15) is 48.5 Å². The van der Waals surface area contributed by atoms with Crippen LogP contribution in [0, 0.1) is 5.41 Å². The summed E-state index contributed by atoms with van der Waals surface area (Å²) in [5, 5.41) is 6.28. The van der Waals surface area contributed by atoms with Crippen molar-refractivity contribution < 1.29 is 4.79 Å². The molecule has 0 aliphatic heterocycles. The van der Waals surface area contributed by atoms with Crippen molar-refractivity contribution in [3.8, 4) is 0 Å². The molecule has 2 N–H and O–H groups in total. The van der Waals surface area contributed by atoms with Crippen LogP contribution in [0.4, 0.5) is 0 Å². The van der Waals surface area contributed by atoms with E-state index in [2.05, 4.69) is 17.6 Å². The molecule has 1 amide bonds. The zero-order valence-electron chi connectivity index (χ0n) is 12.7. The molecular weight excluding hydrogens is 248 g/mol. The molecule has 1 aliphatic rings. The van der Waals surface area contributed by atoms with E-state index >= 15 is 0 Å². The standard InChI is InChI=1S/C17H26N2O/c1-3-9-17(10-11-17)13-19-16(20)15-7-5-4-6-14(15)8-12-18-2/h4-7,18H,3,8-13H2,1-2H3,(H,19,20). The maximum Gasteiger partial charge on any atom is 0.251 e. The van der Waals surface area contributed by atoms with Gasteiger partial charge >= 0.3 is 0 Å². The molecule has 1 fully saturated rings. The van der Waals surface area contributed by atoms with Crippen LogP contribution in [0.15, 0.2) is 24.3 Å². The summed E-state index contributed by atoms with van der Waals surface area (Å²) in [7, 11) is 1.93. The number of benzene rings is 1. The number of likely N-dealkylation sites (N-methyl/N-ethyl adjacent to an activating group) is 1. The molecule has 3 heteroatoms. The average molecular weight is 274 g/mol. The highest BCUT2D eigenvalue weighted by Crippen LogP contribution is 2.48. The van der Waals surface area contributed by atoms with Crippen molar-refractivity contribution in [2.24, 2.45) is 5.41 Å². The molecular formula is C17H26N2O. The fourth-order valence-corrected chi connectivity index (χ4v) is 2.80. The third kappa shape index (κ3) is 3.83. The molecule has 1 aromatic rings. The molecule has 0 spiro atoms. The third-order valence-corrected chi connectivity index (χ3v) is 4.27. The molecule has 20 heavy (non-hydrogen) atoms. The molecule has 0 bridgehead atoms. The summed E-state index contributed by atoms with van der Waals surface area (Å²) >= 11 is 0. The molecule has 1 aromatic carbocycles. The third-order valence-electron chi connectivity index (χ3n) is 4.27. The number of hydrogen-bond acceptors (Lipinski definition) is 2. The van der Waals surface area contributed by atoms with Gasteiger partial charge in [-0.05, 0) is 56.3 Å². The Labute approximate surface area is 122 Å². The first-order chi connectivity index (χ1) is 9.71. The first-order valence-corrected chi connectivity index (χ1v) is 7.71. The summed E-state index contributed by atoms with van der Waals surface area (Å²) in [6, 6.07) is 7.92. The quantitative estimate of drug-likeness (QED) is 0.765. The summed E-state index contributed by atoms with van der Waals surface area (Å²) in [4.78, 5) is 12.4. The lowest BCUT2D eigenvalue weighted by Gasteiger charge is -2.16. The predicted octanol–water partition coefficient (Wildman–Crippen LogP) is 2.76. The van der Waals surface area contributed by atoms with Crippen molar-refractivity contribution in [1.82, 2.24) is 10.6 Å². The fourth-order valence-electron chi connectivity index (χ4n) is 2.80. The fraction of sp³-hybridized carbons (Fsp3) is 0.588. The largest absolute Gasteiger partial charge is 0.351 e. The number of carbonyl (C=O) groups is 1. The molecule has 1 aliphatic carbocycles. The molecule has 0 unspecified atom stereocenters. The zero-order chi connectivity index (χ0) is 14.4. The van der Waals surface area contributed by atoms with Crippen LogP contribution in [0.2, 0.25) is 0 Å². The van der Waals surface area contributed by atoms with Gasteiger partial charge in [0.1, 0.15) is 0 Å². The second-order valence-corrected chi connectivity index (χ2v) is 5.94. The first kappa shape index (κ1) is 15.0. The Kier molecular flexibility index (Phi) is 5.18. The Morgan fingerprint density at radius 2 is 2.05 bits per heavy atom. The van der Waals surface area contributed by atoms with Crippen molar-refractivity contribution in [2.45, 2.75) is 39.0 Å². The average Bonchev–Trinajstić information content (AvgIpc) is 3.23. The summed E-state index contributed by atoms with van der Waals surface area (Å²) in [5.74, 6) is 0.0825. The number of hydrogen-bond donors (Lipinski definition) is 2. The van der Waals surface area contributed by atoms with E-state index < -0.39 is 0 Å². The van der Waals surface area contributed by atoms with Gasteiger partial charge in [-0.2, -0.15) is 0 Å². The molecule has 3 nitrogen and oxygen atoms in total. The number of rotatable bonds is 8. The Bertz CT molecular complexity index is 452. The molecule has 0 heterocycles. The lowest BCUT2D eigenvalue weighted by atomic mass is 10.00. The van der Waals surface area contributed by atoms with Gasteiger partial charge in [-0.3, -0.25) is 4.79 Å². The van der Waals surface area contributed by atoms with Crippen LogP contribution in [-0.2, 0) is 6.42 Å². The van der Waals surface area contributed by atoms with E-state index in [9.17, 15) is 4.79 Å². The van der Waals surface area contributed by atoms with E-state index in [-0.39, 0.29) is 5.91 Å². The van der Waals surface area contributed by atoms with Crippen molar-refractivity contribution in [3.63, 3.8) is 0 Å². The predicted molar refractivity (Wildman–Crippen MR) is 83.0 cm³/mol. The minimum absolute atomic E-state index is 0.0825. The minimum atomic E-state index is 0.0825. The summed E-state index contributed by atoms with van der Waals surface area (Å²) in [6.45, 7) is 3.94. The lowest BCUT2D eigenvalue weighted by molar-refractivity contribution is 0.0943. The number of nitrogens with one attached hydrogen (secondary N) is 2. The normalized spacial score (nSPS) is 15.9. The van der Waals surface area contributed by atoms with Gasteiger partial charge < -0.3 is 10.6 Å². The van der Waals surface area contributed by atoms with Gasteiger partial charge in [-0.25, -0.2) is 0 Å². The van der Waals surface area contributed by atoms with Gasteiger partial charge in [-0.15, -0.1) is 0 Å². The topological polar surface area (TPSA) is 41.1 Å². The van der Waals surface area contributed by atoms with Crippen LogP contribution in [0.25, 0.3) is 0 Å². The SMILES string of the molecule is CCCC1(CNC(=O)c2ccccc2CCNC)CC1. The Morgan fingerprint density at radius 3 is 2.70 bits per heavy atom. The van der Waals surface area contributed by atoms with E-state index in [0.717, 1.165) is 30.6 Å². The van der Waals surface area contributed by atoms with Crippen LogP contribution >= 0.6 is 0 Å². The highest BCUT2D eigenvalue weighted by molar-refractivity contribution is 5.95. The van der Waals surface area contributed by atoms with Gasteiger partial charge in [-0.1, -0.05) is 31.5 Å². The van der Waals surface area contributed by atoms with Crippen molar-refractivity contribution in [1.29, 1.82) is 0 Å². The van der Waals surface area contributed by atoms with E-state index in [0.29, 0.717) is 5.41 Å². The molecule has 110 valence electrons. The first-order valence-electron chi connectivity index (χ1n) is 7.71. The number of amides is 1. The zero-order valence-corrected chi connectivity index (χ0v) is 12.7. The van der Waals surface area contributed by atoms with Crippen LogP contribution in [-0.4, -0.2) is 26.0 Å². The van der Waals surface area contributed by atoms with Crippen LogP contribution in [0.3, 0.4) is 0 Å². The molecule has 2 rings (SSSR count). The lowest BCUT2D eigenvalue weighted by Crippen LogP contribution is -2.31. The van der Waals surface area contributed by atoms with E-state index in [1.54, 1.807) is 0 Å². The second kappa shape index (κ2) is 6.89. The highest BCUT2D eigenvalue weighted by atomic mass is 16.1. The van der Waals surface area contributed by atoms with Crippen molar-refractivity contribution >= 4 is 5.91 Å². The molecule has 0 atom stereocenters. The van der Waals surface area contributed by atoms with Gasteiger partial charge in [0.15, 0.2) is 0 Å². The van der Waals surface area contributed by atoms with Crippen molar-refractivity contribution in [3.05, 3.63) is 35.4 Å². The Hall–Kier alpha value is -1.35. The Morgan fingerprint density at radius 1 is 1.30 bits per heavy atom. The van der Waals surface area contributed by atoms with Gasteiger partial charge in [0.25, 0.3) is 5.91 Å². The molecule has 0 saturated heterocycles. The summed E-state index contributed by atoms with van der Waals surface area (Å²) in [6.07, 6.45) is 5.86. The highest BCUT2D eigenvalue weighted by Gasteiger charge is 2.41. The number of carbonyl (C=O) groups excluding carboxylic acids is 1. The second-order valence-electron chi connectivity index (χ2n) is 5.94. The van der Waals surface area contributed by atoms with Crippen LogP contribution < -0.4 is 10.6 Å². The Balaban J connectivity index is 1.95. The van der Waals surface area contributed by atoms with Crippen molar-refractivity contribution in [2.75, 3.05) is 20.1 Å². The smallest absolute Gasteiger partial charge is 0.251 e. The van der Waals surface area contributed by atoms with E-state index in [4.69, 9.17) is 0 Å². The molecule has 1 saturated carbocycles. The monoisotopic (exact) mass is 274 g/mol. The maximum absolute atomic E-state index is 12.4.